The number of unbranched alkanes of at least 4 members (excludes halogenated alkanes) is 1. The molecule has 2 saturated heterocycles. The van der Waals surface area contributed by atoms with Crippen LogP contribution in [0.4, 0.5) is 13.2 Å². The molecule has 3 rings (SSSR count). The summed E-state index contributed by atoms with van der Waals surface area (Å²) in [6, 6.07) is -2.21. The largest absolute Gasteiger partial charge is 0.522 e. The van der Waals surface area contributed by atoms with Gasteiger partial charge in [0.25, 0.3) is 0 Å². The van der Waals surface area contributed by atoms with E-state index in [2.05, 4.69) is 15.4 Å². The van der Waals surface area contributed by atoms with Gasteiger partial charge in [0.1, 0.15) is 12.6 Å². The summed E-state index contributed by atoms with van der Waals surface area (Å²) in [4.78, 5) is 52.2. The molecule has 0 aromatic heterocycles. The Kier molecular flexibility index (Phi) is 8.89. The van der Waals surface area contributed by atoms with E-state index in [0.717, 1.165) is 12.8 Å². The van der Waals surface area contributed by atoms with Crippen LogP contribution in [0.25, 0.3) is 0 Å². The third kappa shape index (κ3) is 8.28. The fourth-order valence-corrected chi connectivity index (χ4v) is 4.89. The van der Waals surface area contributed by atoms with Crippen LogP contribution in [-0.2, 0) is 23.9 Å². The molecule has 3 aliphatic rings. The van der Waals surface area contributed by atoms with Gasteiger partial charge >= 0.3 is 6.36 Å². The first-order valence-electron chi connectivity index (χ1n) is 12.2. The van der Waals surface area contributed by atoms with Crippen molar-refractivity contribution in [2.75, 3.05) is 19.7 Å². The van der Waals surface area contributed by atoms with Crippen molar-refractivity contribution in [1.29, 1.82) is 0 Å². The molecule has 2 heterocycles. The third-order valence-electron chi connectivity index (χ3n) is 7.11. The smallest absolute Gasteiger partial charge is 0.356 e. The monoisotopic (exact) mass is 505 g/mol. The highest BCUT2D eigenvalue weighted by Gasteiger charge is 2.55. The van der Waals surface area contributed by atoms with Crippen molar-refractivity contribution in [2.24, 2.45) is 11.3 Å². The fraction of sp³-hybridized carbons (Fsp3) is 0.818. The van der Waals surface area contributed by atoms with Gasteiger partial charge in [0.15, 0.2) is 5.78 Å². The molecule has 0 aromatic rings. The number of carbonyl (C=O) groups is 4. The predicted octanol–water partition coefficient (Wildman–Crippen LogP) is 0.624. The van der Waals surface area contributed by atoms with Gasteiger partial charge in [-0.05, 0) is 43.9 Å². The van der Waals surface area contributed by atoms with E-state index in [1.165, 1.54) is 4.90 Å². The predicted molar refractivity (Wildman–Crippen MR) is 125 cm³/mol. The van der Waals surface area contributed by atoms with Crippen LogP contribution in [0.3, 0.4) is 0 Å². The Bertz CT molecular complexity index is 864. The van der Waals surface area contributed by atoms with Crippen molar-refractivity contribution in [3.05, 3.63) is 0 Å². The number of ether oxygens (including phenoxy) is 1. The van der Waals surface area contributed by atoms with E-state index >= 15 is 0 Å². The van der Waals surface area contributed by atoms with Crippen LogP contribution in [0, 0.1) is 11.3 Å². The summed E-state index contributed by atoms with van der Waals surface area (Å²) < 4.78 is 41.1. The van der Waals surface area contributed by atoms with Crippen molar-refractivity contribution in [2.45, 2.75) is 81.3 Å². The molecule has 2 N–H and O–H groups in total. The Morgan fingerprint density at radius 1 is 1.19 bits per heavy atom. The van der Waals surface area contributed by atoms with Crippen molar-refractivity contribution < 1.29 is 37.1 Å². The Morgan fingerprint density at radius 2 is 1.89 bits per heavy atom. The molecule has 1 aliphatic carbocycles. The standard InChI is InChI=1S/C22H29B3F3N3O5/c23-21(24,25)5-2-1-3-17(33)31-12-20(6-7-20)10-15(31)19(35)30-14(9-13-4-8-29-18(13)34)16(32)11-36-22(26,27)28/h13-15H,1-12H2,(H,29,34)(H,30,35)/t13-,14-,15-/m0/s1. The van der Waals surface area contributed by atoms with Crippen LogP contribution in [0.15, 0.2) is 0 Å². The molecule has 1 spiro atoms. The summed E-state index contributed by atoms with van der Waals surface area (Å²) in [7, 11) is 16.6. The highest BCUT2D eigenvalue weighted by molar-refractivity contribution is 6.58. The second-order valence-corrected chi connectivity index (χ2v) is 10.3. The number of nitrogens with zero attached hydrogens (tertiary/aromatic N) is 1. The van der Waals surface area contributed by atoms with Gasteiger partial charge in [-0.15, -0.1) is 18.3 Å². The van der Waals surface area contributed by atoms with Gasteiger partial charge in [-0.25, -0.2) is 0 Å². The first-order valence-corrected chi connectivity index (χ1v) is 12.2. The molecule has 6 radical (unpaired) electrons. The first-order chi connectivity index (χ1) is 16.7. The molecule has 36 heavy (non-hydrogen) atoms. The van der Waals surface area contributed by atoms with Crippen LogP contribution in [0.2, 0.25) is 5.11 Å². The molecule has 3 fully saturated rings. The number of rotatable bonds is 12. The van der Waals surface area contributed by atoms with E-state index in [0.29, 0.717) is 45.2 Å². The number of ketones is 1. The van der Waals surface area contributed by atoms with Crippen LogP contribution in [0.5, 0.6) is 0 Å². The molecule has 2 aliphatic heterocycles. The zero-order valence-electron chi connectivity index (χ0n) is 20.1. The van der Waals surface area contributed by atoms with Gasteiger partial charge in [-0.2, -0.15) is 0 Å². The number of nitrogens with one attached hydrogen (secondary N) is 2. The first kappa shape index (κ1) is 28.6. The zero-order valence-corrected chi connectivity index (χ0v) is 20.1. The number of carbonyl (C=O) groups excluding carboxylic acids is 4. The van der Waals surface area contributed by atoms with Crippen LogP contribution in [0.1, 0.15) is 57.8 Å². The van der Waals surface area contributed by atoms with Gasteiger partial charge in [0.2, 0.25) is 17.7 Å². The molecule has 192 valence electrons. The van der Waals surface area contributed by atoms with E-state index < -0.39 is 47.8 Å². The molecule has 14 heteroatoms. The van der Waals surface area contributed by atoms with Crippen LogP contribution < -0.4 is 10.6 Å². The Morgan fingerprint density at radius 3 is 2.44 bits per heavy atom. The highest BCUT2D eigenvalue weighted by atomic mass is 19.4. The minimum Gasteiger partial charge on any atom is -0.356 e. The number of alkyl halides is 3. The Labute approximate surface area is 212 Å². The van der Waals surface area contributed by atoms with E-state index in [1.807, 2.05) is 0 Å². The summed E-state index contributed by atoms with van der Waals surface area (Å²) in [5.74, 6) is -2.81. The maximum atomic E-state index is 13.2. The lowest BCUT2D eigenvalue weighted by atomic mass is 9.41. The number of amides is 3. The summed E-state index contributed by atoms with van der Waals surface area (Å²) >= 11 is 0. The average Bonchev–Trinajstić information content (AvgIpc) is 3.22. The van der Waals surface area contributed by atoms with Gasteiger partial charge in [0, 0.05) is 25.4 Å². The number of hydrogen-bond donors (Lipinski definition) is 2. The Balaban J connectivity index is 1.65. The number of hydrogen-bond acceptors (Lipinski definition) is 5. The number of halogens is 3. The number of likely N-dealkylation sites (tertiary alicyclic amines) is 1. The van der Waals surface area contributed by atoms with Gasteiger partial charge in [0.05, 0.1) is 29.6 Å². The fourth-order valence-electron chi connectivity index (χ4n) is 4.89. The van der Waals surface area contributed by atoms with Gasteiger partial charge in [-0.1, -0.05) is 12.8 Å². The molecule has 0 bridgehead atoms. The normalized spacial score (nSPS) is 24.0. The number of Topliss-reactive ketones (excluding diaryl/α,β-unsaturated/α-hetero) is 1. The molecule has 0 aromatic carbocycles. The Hall–Kier alpha value is -1.98. The molecule has 1 saturated carbocycles. The summed E-state index contributed by atoms with van der Waals surface area (Å²) in [5.41, 5.74) is -0.150. The molecule has 0 unspecified atom stereocenters. The van der Waals surface area contributed by atoms with E-state index in [9.17, 15) is 32.3 Å². The van der Waals surface area contributed by atoms with Crippen LogP contribution >= 0.6 is 0 Å². The highest BCUT2D eigenvalue weighted by Crippen LogP contribution is 2.55. The SMILES string of the molecule is [B]C([B])([B])CCCCC(=O)N1CC2(CC2)C[C@H]1C(=O)N[C@@H](C[C@@H]1CCNC1=O)C(=O)COC(F)(F)F. The lowest BCUT2D eigenvalue weighted by molar-refractivity contribution is -0.321. The molecular weight excluding hydrogens is 476 g/mol. The van der Waals surface area contributed by atoms with Gasteiger partial charge < -0.3 is 15.5 Å². The molecule has 3 amide bonds. The second kappa shape index (κ2) is 11.2. The lowest BCUT2D eigenvalue weighted by Gasteiger charge is -2.27. The summed E-state index contributed by atoms with van der Waals surface area (Å²) in [5, 5.41) is 3.79. The molecule has 8 nitrogen and oxygen atoms in total. The minimum atomic E-state index is -5.01. The summed E-state index contributed by atoms with van der Waals surface area (Å²) in [6.45, 7) is -0.505. The molecular formula is C22H29B3F3N3O5. The maximum Gasteiger partial charge on any atom is 0.522 e. The minimum absolute atomic E-state index is 0.150. The molecule has 3 atom stereocenters. The zero-order chi connectivity index (χ0) is 26.7. The quantitative estimate of drug-likeness (QED) is 0.299. The van der Waals surface area contributed by atoms with E-state index in [-0.39, 0.29) is 30.1 Å². The van der Waals surface area contributed by atoms with Crippen molar-refractivity contribution in [3.63, 3.8) is 0 Å². The van der Waals surface area contributed by atoms with Gasteiger partial charge in [-0.3, -0.25) is 23.9 Å². The lowest BCUT2D eigenvalue weighted by Crippen LogP contribution is -2.52. The second-order valence-electron chi connectivity index (χ2n) is 10.3. The van der Waals surface area contributed by atoms with Crippen LogP contribution in [-0.4, -0.2) is 90.1 Å². The van der Waals surface area contributed by atoms with E-state index in [4.69, 9.17) is 23.5 Å². The summed E-state index contributed by atoms with van der Waals surface area (Å²) in [6.07, 6.45) is -1.19. The third-order valence-corrected chi connectivity index (χ3v) is 7.11. The van der Waals surface area contributed by atoms with Crippen molar-refractivity contribution >= 4 is 47.0 Å². The maximum absolute atomic E-state index is 13.2. The van der Waals surface area contributed by atoms with E-state index in [1.54, 1.807) is 0 Å². The van der Waals surface area contributed by atoms with Crippen molar-refractivity contribution in [1.82, 2.24) is 15.5 Å². The topological polar surface area (TPSA) is 105 Å². The average molecular weight is 505 g/mol. The van der Waals surface area contributed by atoms with Crippen molar-refractivity contribution in [3.8, 4) is 0 Å².